The SMILES string of the molecule is COCCN(C(=O)/C=C/c1c(C)nn(CC(C)C)c1Cl)C1CCS(=O)(=O)C1. The lowest BCUT2D eigenvalue weighted by Crippen LogP contribution is -2.42. The Bertz CT molecular complexity index is 802. The molecule has 1 aliphatic rings. The Morgan fingerprint density at radius 3 is 2.74 bits per heavy atom. The number of ether oxygens (including phenoxy) is 1. The second-order valence-corrected chi connectivity index (χ2v) is 9.87. The van der Waals surface area contributed by atoms with Gasteiger partial charge in [-0.2, -0.15) is 5.10 Å². The van der Waals surface area contributed by atoms with Gasteiger partial charge in [-0.15, -0.1) is 0 Å². The zero-order valence-electron chi connectivity index (χ0n) is 16.3. The molecule has 7 nitrogen and oxygen atoms in total. The summed E-state index contributed by atoms with van der Waals surface area (Å²) in [7, 11) is -1.53. The van der Waals surface area contributed by atoms with Crippen molar-refractivity contribution in [1.29, 1.82) is 0 Å². The number of hydrogen-bond acceptors (Lipinski definition) is 5. The van der Waals surface area contributed by atoms with Gasteiger partial charge in [0.1, 0.15) is 5.15 Å². The van der Waals surface area contributed by atoms with Crippen molar-refractivity contribution in [2.45, 2.75) is 39.8 Å². The molecular weight excluding hydrogens is 390 g/mol. The first kappa shape index (κ1) is 21.9. The maximum atomic E-state index is 12.7. The Morgan fingerprint density at radius 1 is 1.48 bits per heavy atom. The van der Waals surface area contributed by atoms with Gasteiger partial charge in [-0.1, -0.05) is 25.4 Å². The number of rotatable bonds is 8. The minimum absolute atomic E-state index is 0.00238. The highest BCUT2D eigenvalue weighted by molar-refractivity contribution is 7.91. The fourth-order valence-corrected chi connectivity index (χ4v) is 5.19. The molecule has 0 aromatic carbocycles. The molecule has 27 heavy (non-hydrogen) atoms. The number of sulfone groups is 1. The first-order valence-electron chi connectivity index (χ1n) is 9.05. The molecule has 1 amide bonds. The summed E-state index contributed by atoms with van der Waals surface area (Å²) in [5, 5.41) is 4.93. The van der Waals surface area contributed by atoms with E-state index in [1.54, 1.807) is 22.8 Å². The number of carbonyl (C=O) groups excluding carboxylic acids is 1. The summed E-state index contributed by atoms with van der Waals surface area (Å²) in [6, 6.07) is -0.317. The fourth-order valence-electron chi connectivity index (χ4n) is 3.16. The molecule has 0 aliphatic carbocycles. The minimum atomic E-state index is -3.08. The van der Waals surface area contributed by atoms with Gasteiger partial charge in [0.2, 0.25) is 5.91 Å². The van der Waals surface area contributed by atoms with Crippen molar-refractivity contribution >= 4 is 33.4 Å². The summed E-state index contributed by atoms with van der Waals surface area (Å²) in [5.74, 6) is 0.267. The summed E-state index contributed by atoms with van der Waals surface area (Å²) >= 11 is 6.41. The largest absolute Gasteiger partial charge is 0.383 e. The van der Waals surface area contributed by atoms with Crippen molar-refractivity contribution in [2.24, 2.45) is 5.92 Å². The molecule has 1 saturated heterocycles. The molecular formula is C18H28ClN3O4S. The van der Waals surface area contributed by atoms with Gasteiger partial charge in [-0.25, -0.2) is 8.42 Å². The number of halogens is 1. The van der Waals surface area contributed by atoms with E-state index < -0.39 is 9.84 Å². The van der Waals surface area contributed by atoms with E-state index in [2.05, 4.69) is 18.9 Å². The molecule has 1 aromatic heterocycles. The third-order valence-corrected chi connectivity index (χ3v) is 6.66. The van der Waals surface area contributed by atoms with E-state index in [0.717, 1.165) is 5.69 Å². The second-order valence-electron chi connectivity index (χ2n) is 7.28. The smallest absolute Gasteiger partial charge is 0.246 e. The molecule has 1 atom stereocenters. The highest BCUT2D eigenvalue weighted by Crippen LogP contribution is 2.23. The number of aromatic nitrogens is 2. The molecule has 2 heterocycles. The predicted octanol–water partition coefficient (Wildman–Crippen LogP) is 2.18. The monoisotopic (exact) mass is 417 g/mol. The van der Waals surface area contributed by atoms with E-state index in [1.807, 2.05) is 6.92 Å². The average molecular weight is 418 g/mol. The highest BCUT2D eigenvalue weighted by atomic mass is 35.5. The molecule has 0 N–H and O–H groups in total. The van der Waals surface area contributed by atoms with Gasteiger partial charge in [-0.3, -0.25) is 9.48 Å². The second kappa shape index (κ2) is 9.21. The third-order valence-electron chi connectivity index (χ3n) is 4.51. The Hall–Kier alpha value is -1.38. The molecule has 0 saturated carbocycles. The van der Waals surface area contributed by atoms with Crippen molar-refractivity contribution in [3.63, 3.8) is 0 Å². The molecule has 0 spiro atoms. The normalized spacial score (nSPS) is 19.3. The Balaban J connectivity index is 2.18. The van der Waals surface area contributed by atoms with Crippen molar-refractivity contribution in [3.05, 3.63) is 22.5 Å². The summed E-state index contributed by atoms with van der Waals surface area (Å²) < 4.78 is 30.4. The number of amides is 1. The molecule has 9 heteroatoms. The van der Waals surface area contributed by atoms with Crippen LogP contribution in [0.2, 0.25) is 5.15 Å². The van der Waals surface area contributed by atoms with Crippen LogP contribution in [0.25, 0.3) is 6.08 Å². The molecule has 152 valence electrons. The Morgan fingerprint density at radius 2 is 2.19 bits per heavy atom. The van der Waals surface area contributed by atoms with Crippen LogP contribution in [-0.2, 0) is 25.9 Å². The summed E-state index contributed by atoms with van der Waals surface area (Å²) in [6.07, 6.45) is 3.56. The van der Waals surface area contributed by atoms with Crippen molar-refractivity contribution in [2.75, 3.05) is 31.8 Å². The van der Waals surface area contributed by atoms with E-state index >= 15 is 0 Å². The van der Waals surface area contributed by atoms with Crippen molar-refractivity contribution in [1.82, 2.24) is 14.7 Å². The van der Waals surface area contributed by atoms with Gasteiger partial charge in [0.25, 0.3) is 0 Å². The summed E-state index contributed by atoms with van der Waals surface area (Å²) in [5.41, 5.74) is 1.45. The van der Waals surface area contributed by atoms with Gasteiger partial charge in [0.05, 0.1) is 23.8 Å². The van der Waals surface area contributed by atoms with E-state index in [9.17, 15) is 13.2 Å². The quantitative estimate of drug-likeness (QED) is 0.605. The zero-order valence-corrected chi connectivity index (χ0v) is 17.9. The molecule has 2 rings (SSSR count). The van der Waals surface area contributed by atoms with E-state index in [4.69, 9.17) is 16.3 Å². The zero-order chi connectivity index (χ0) is 20.2. The van der Waals surface area contributed by atoms with Crippen LogP contribution in [0.15, 0.2) is 6.08 Å². The third kappa shape index (κ3) is 5.80. The van der Waals surface area contributed by atoms with Crippen LogP contribution in [0.1, 0.15) is 31.5 Å². The van der Waals surface area contributed by atoms with E-state index in [1.165, 1.54) is 6.08 Å². The van der Waals surface area contributed by atoms with Crippen LogP contribution in [0, 0.1) is 12.8 Å². The number of aryl methyl sites for hydroxylation is 1. The summed E-state index contributed by atoms with van der Waals surface area (Å²) in [6.45, 7) is 7.40. The first-order chi connectivity index (χ1) is 12.6. The molecule has 1 aromatic rings. The van der Waals surface area contributed by atoms with Crippen molar-refractivity contribution < 1.29 is 17.9 Å². The van der Waals surface area contributed by atoms with Gasteiger partial charge in [-0.05, 0) is 25.3 Å². The minimum Gasteiger partial charge on any atom is -0.383 e. The molecule has 1 fully saturated rings. The number of hydrogen-bond donors (Lipinski definition) is 0. The lowest BCUT2D eigenvalue weighted by molar-refractivity contribution is -0.128. The molecule has 1 aliphatic heterocycles. The van der Waals surface area contributed by atoms with E-state index in [0.29, 0.717) is 42.8 Å². The topological polar surface area (TPSA) is 81.5 Å². The molecule has 1 unspecified atom stereocenters. The van der Waals surface area contributed by atoms with Gasteiger partial charge >= 0.3 is 0 Å². The van der Waals surface area contributed by atoms with Gasteiger partial charge in [0, 0.05) is 37.9 Å². The maximum absolute atomic E-state index is 12.7. The lowest BCUT2D eigenvalue weighted by atomic mass is 10.2. The average Bonchev–Trinajstić information content (AvgIpc) is 3.05. The van der Waals surface area contributed by atoms with Crippen LogP contribution in [-0.4, -0.2) is 66.8 Å². The van der Waals surface area contributed by atoms with Crippen LogP contribution in [0.4, 0.5) is 0 Å². The Kier molecular flexibility index (Phi) is 7.47. The van der Waals surface area contributed by atoms with Gasteiger partial charge < -0.3 is 9.64 Å². The first-order valence-corrected chi connectivity index (χ1v) is 11.3. The summed E-state index contributed by atoms with van der Waals surface area (Å²) in [4.78, 5) is 14.3. The molecule has 0 bridgehead atoms. The van der Waals surface area contributed by atoms with Crippen LogP contribution in [0.5, 0.6) is 0 Å². The standard InChI is InChI=1S/C18H28ClN3O4S/c1-13(2)11-22-18(19)16(14(3)20-22)5-6-17(23)21(8-9-26-4)15-7-10-27(24,25)12-15/h5-6,13,15H,7-12H2,1-4H3/b6-5+. The maximum Gasteiger partial charge on any atom is 0.246 e. The predicted molar refractivity (Wildman–Crippen MR) is 106 cm³/mol. The Labute approximate surface area is 166 Å². The van der Waals surface area contributed by atoms with Crippen molar-refractivity contribution in [3.8, 4) is 0 Å². The van der Waals surface area contributed by atoms with E-state index in [-0.39, 0.29) is 23.5 Å². The van der Waals surface area contributed by atoms with Crippen LogP contribution >= 0.6 is 11.6 Å². The number of nitrogens with zero attached hydrogens (tertiary/aromatic N) is 3. The van der Waals surface area contributed by atoms with Gasteiger partial charge in [0.15, 0.2) is 9.84 Å². The lowest BCUT2D eigenvalue weighted by Gasteiger charge is -2.26. The number of methoxy groups -OCH3 is 1. The highest BCUT2D eigenvalue weighted by Gasteiger charge is 2.33. The van der Waals surface area contributed by atoms with Crippen LogP contribution < -0.4 is 0 Å². The van der Waals surface area contributed by atoms with Crippen LogP contribution in [0.3, 0.4) is 0 Å². The number of carbonyl (C=O) groups is 1. The molecule has 0 radical (unpaired) electrons. The fraction of sp³-hybridized carbons (Fsp3) is 0.667.